The lowest BCUT2D eigenvalue weighted by Crippen LogP contribution is -2.55. The van der Waals surface area contributed by atoms with E-state index < -0.39 is 29.7 Å². The van der Waals surface area contributed by atoms with E-state index >= 15 is 0 Å². The Morgan fingerprint density at radius 2 is 1.95 bits per heavy atom. The number of benzene rings is 1. The number of hydrogen-bond donors (Lipinski definition) is 2. The summed E-state index contributed by atoms with van der Waals surface area (Å²) in [5.41, 5.74) is 2.79. The van der Waals surface area contributed by atoms with Crippen molar-refractivity contribution < 1.29 is 23.7 Å². The van der Waals surface area contributed by atoms with E-state index in [9.17, 15) is 19.2 Å². The fraction of sp³-hybridized carbons (Fsp3) is 0.462. The van der Waals surface area contributed by atoms with Crippen molar-refractivity contribution in [3.8, 4) is 11.4 Å². The zero-order chi connectivity index (χ0) is 25.5. The highest BCUT2D eigenvalue weighted by Crippen LogP contribution is 2.35. The summed E-state index contributed by atoms with van der Waals surface area (Å²) in [6.45, 7) is 2.73. The molecule has 1 aromatic carbocycles. The van der Waals surface area contributed by atoms with Gasteiger partial charge < -0.3 is 14.7 Å². The van der Waals surface area contributed by atoms with E-state index in [4.69, 9.17) is 4.52 Å². The fourth-order valence-corrected chi connectivity index (χ4v) is 5.73. The van der Waals surface area contributed by atoms with Gasteiger partial charge in [0.15, 0.2) is 0 Å². The Bertz CT molecular complexity index is 1310. The lowest BCUT2D eigenvalue weighted by Gasteiger charge is -2.29. The number of amides is 4. The summed E-state index contributed by atoms with van der Waals surface area (Å²) in [7, 11) is 0. The molecular weight excluding hydrogens is 476 g/mol. The molecule has 2 aromatic rings. The first-order valence-electron chi connectivity index (χ1n) is 12.8. The van der Waals surface area contributed by atoms with Gasteiger partial charge in [-0.15, -0.1) is 0 Å². The standard InChI is InChI=1S/C26H28N6O5/c33-20-9-8-19(24(34)28-20)32-25(35)18-7-3-11-31(22(18)26(32)36)14-21-29-23(30-37-21)16-5-1-4-15(12-16)17-6-2-10-27-13-17/h1,4-5,12,17,19,27H,2-3,6-11,13-14H2,(H,28,33,34). The monoisotopic (exact) mass is 504 g/mol. The van der Waals surface area contributed by atoms with Crippen molar-refractivity contribution in [1.29, 1.82) is 0 Å². The molecule has 2 fully saturated rings. The molecular formula is C26H28N6O5. The number of nitrogens with one attached hydrogen (secondary N) is 2. The smallest absolute Gasteiger partial charge is 0.278 e. The quantitative estimate of drug-likeness (QED) is 0.576. The number of hydrogen-bond acceptors (Lipinski definition) is 9. The molecule has 4 aliphatic rings. The van der Waals surface area contributed by atoms with Crippen molar-refractivity contribution in [2.75, 3.05) is 19.6 Å². The van der Waals surface area contributed by atoms with Crippen molar-refractivity contribution in [1.82, 2.24) is 30.6 Å². The van der Waals surface area contributed by atoms with Crippen LogP contribution in [0.3, 0.4) is 0 Å². The predicted octanol–water partition coefficient (Wildman–Crippen LogP) is 1.23. The molecule has 2 atom stereocenters. The predicted molar refractivity (Wildman–Crippen MR) is 129 cm³/mol. The molecule has 6 rings (SSSR count). The van der Waals surface area contributed by atoms with Gasteiger partial charge in [-0.1, -0.05) is 23.4 Å². The molecule has 37 heavy (non-hydrogen) atoms. The highest BCUT2D eigenvalue weighted by molar-refractivity contribution is 6.21. The lowest BCUT2D eigenvalue weighted by atomic mass is 9.90. The van der Waals surface area contributed by atoms with Gasteiger partial charge in [0.2, 0.25) is 23.5 Å². The number of imide groups is 2. The molecule has 4 aliphatic heterocycles. The third-order valence-corrected chi connectivity index (χ3v) is 7.58. The van der Waals surface area contributed by atoms with Crippen LogP contribution in [0.5, 0.6) is 0 Å². The van der Waals surface area contributed by atoms with Gasteiger partial charge in [-0.25, -0.2) is 0 Å². The van der Waals surface area contributed by atoms with Crippen LogP contribution >= 0.6 is 0 Å². The van der Waals surface area contributed by atoms with Crippen LogP contribution in [0.25, 0.3) is 11.4 Å². The highest BCUT2D eigenvalue weighted by Gasteiger charge is 2.48. The maximum Gasteiger partial charge on any atom is 0.278 e. The van der Waals surface area contributed by atoms with E-state index in [0.29, 0.717) is 42.6 Å². The van der Waals surface area contributed by atoms with Gasteiger partial charge in [0, 0.05) is 30.6 Å². The van der Waals surface area contributed by atoms with Gasteiger partial charge in [0.1, 0.15) is 11.7 Å². The average Bonchev–Trinajstić information content (AvgIpc) is 3.48. The van der Waals surface area contributed by atoms with E-state index in [1.54, 1.807) is 4.90 Å². The highest BCUT2D eigenvalue weighted by atomic mass is 16.5. The first-order valence-corrected chi connectivity index (χ1v) is 12.8. The second-order valence-electron chi connectivity index (χ2n) is 9.98. The molecule has 0 aliphatic carbocycles. The maximum atomic E-state index is 13.4. The average molecular weight is 505 g/mol. The van der Waals surface area contributed by atoms with E-state index in [-0.39, 0.29) is 25.1 Å². The molecule has 4 amide bonds. The summed E-state index contributed by atoms with van der Waals surface area (Å²) in [6.07, 6.45) is 3.65. The third-order valence-electron chi connectivity index (χ3n) is 7.58. The topological polar surface area (TPSA) is 138 Å². The van der Waals surface area contributed by atoms with Gasteiger partial charge >= 0.3 is 0 Å². The minimum Gasteiger partial charge on any atom is -0.357 e. The van der Waals surface area contributed by atoms with Crippen LogP contribution < -0.4 is 10.6 Å². The minimum absolute atomic E-state index is 0.0884. The second-order valence-corrected chi connectivity index (χ2v) is 9.98. The Kier molecular flexibility index (Phi) is 6.07. The van der Waals surface area contributed by atoms with Gasteiger partial charge in [-0.3, -0.25) is 29.4 Å². The summed E-state index contributed by atoms with van der Waals surface area (Å²) in [5, 5.41) is 9.85. The normalized spacial score (nSPS) is 24.5. The van der Waals surface area contributed by atoms with E-state index in [1.165, 1.54) is 5.56 Å². The first-order chi connectivity index (χ1) is 18.0. The van der Waals surface area contributed by atoms with E-state index in [2.05, 4.69) is 32.9 Å². The van der Waals surface area contributed by atoms with Crippen LogP contribution in [0.4, 0.5) is 0 Å². The lowest BCUT2D eigenvalue weighted by molar-refractivity contribution is -0.150. The SMILES string of the molecule is O=C1CCC(N2C(=O)C3=C(C2=O)N(Cc2nc(-c4cccc(C5CCCNC5)c4)no2)CCC3)C(=O)N1. The molecule has 0 bridgehead atoms. The third kappa shape index (κ3) is 4.33. The Morgan fingerprint density at radius 1 is 1.05 bits per heavy atom. The van der Waals surface area contributed by atoms with E-state index in [0.717, 1.165) is 36.4 Å². The van der Waals surface area contributed by atoms with Crippen molar-refractivity contribution in [2.45, 2.75) is 57.0 Å². The van der Waals surface area contributed by atoms with Crippen LogP contribution in [0, 0.1) is 0 Å². The largest absolute Gasteiger partial charge is 0.357 e. The maximum absolute atomic E-state index is 13.4. The van der Waals surface area contributed by atoms with Crippen LogP contribution in [0.2, 0.25) is 0 Å². The molecule has 1 aromatic heterocycles. The number of carbonyl (C=O) groups is 4. The molecule has 0 spiro atoms. The summed E-state index contributed by atoms with van der Waals surface area (Å²) in [4.78, 5) is 57.8. The Hall–Kier alpha value is -3.86. The van der Waals surface area contributed by atoms with Crippen molar-refractivity contribution in [3.63, 3.8) is 0 Å². The number of aromatic nitrogens is 2. The minimum atomic E-state index is -0.980. The summed E-state index contributed by atoms with van der Waals surface area (Å²) in [6, 6.07) is 7.20. The molecule has 5 heterocycles. The molecule has 0 radical (unpaired) electrons. The van der Waals surface area contributed by atoms with E-state index in [1.807, 2.05) is 12.1 Å². The molecule has 2 N–H and O–H groups in total. The van der Waals surface area contributed by atoms with Crippen LogP contribution in [0.15, 0.2) is 40.1 Å². The Labute approximate surface area is 213 Å². The summed E-state index contributed by atoms with van der Waals surface area (Å²) in [5.74, 6) is -0.705. The molecule has 192 valence electrons. The molecule has 11 nitrogen and oxygen atoms in total. The molecule has 2 saturated heterocycles. The molecule has 2 unspecified atom stereocenters. The fourth-order valence-electron chi connectivity index (χ4n) is 5.73. The Morgan fingerprint density at radius 3 is 2.76 bits per heavy atom. The number of carbonyl (C=O) groups excluding carboxylic acids is 4. The summed E-state index contributed by atoms with van der Waals surface area (Å²) >= 11 is 0. The van der Waals surface area contributed by atoms with Gasteiger partial charge in [0.25, 0.3) is 11.8 Å². The number of piperidine rings is 2. The number of rotatable bonds is 5. The molecule has 11 heteroatoms. The zero-order valence-corrected chi connectivity index (χ0v) is 20.4. The van der Waals surface area contributed by atoms with Crippen molar-refractivity contribution >= 4 is 23.6 Å². The van der Waals surface area contributed by atoms with Crippen LogP contribution in [-0.4, -0.2) is 69.2 Å². The van der Waals surface area contributed by atoms with Crippen molar-refractivity contribution in [2.24, 2.45) is 0 Å². The zero-order valence-electron chi connectivity index (χ0n) is 20.4. The van der Waals surface area contributed by atoms with Gasteiger partial charge in [0.05, 0.1) is 6.54 Å². The Balaban J connectivity index is 1.20. The van der Waals surface area contributed by atoms with Gasteiger partial charge in [-0.05, 0) is 56.2 Å². The summed E-state index contributed by atoms with van der Waals surface area (Å²) < 4.78 is 5.54. The van der Waals surface area contributed by atoms with Crippen LogP contribution in [-0.2, 0) is 25.7 Å². The van der Waals surface area contributed by atoms with Gasteiger partial charge in [-0.2, -0.15) is 4.98 Å². The molecule has 0 saturated carbocycles. The van der Waals surface area contributed by atoms with Crippen LogP contribution in [0.1, 0.15) is 55.9 Å². The van der Waals surface area contributed by atoms with Crippen molar-refractivity contribution in [3.05, 3.63) is 47.0 Å². The number of nitrogens with zero attached hydrogens (tertiary/aromatic N) is 4. The second kappa shape index (κ2) is 9.55. The first kappa shape index (κ1) is 23.5.